The van der Waals surface area contributed by atoms with Crippen LogP contribution in [0.15, 0.2) is 30.3 Å². The van der Waals surface area contributed by atoms with Gasteiger partial charge in [0.25, 0.3) is 0 Å². The molecule has 0 atom stereocenters. The summed E-state index contributed by atoms with van der Waals surface area (Å²) < 4.78 is 15.9. The molecule has 0 aliphatic carbocycles. The Kier molecular flexibility index (Phi) is 7.24. The number of carbonyl (C=O) groups excluding carboxylic acids is 1. The topological polar surface area (TPSA) is 68.8 Å². The average Bonchev–Trinajstić information content (AvgIpc) is 2.59. The molecule has 0 heterocycles. The number of ether oxygens (including phenoxy) is 3. The minimum absolute atomic E-state index is 0.164. The summed E-state index contributed by atoms with van der Waals surface area (Å²) in [7, 11) is 4.63. The Labute approximate surface area is 162 Å². The van der Waals surface area contributed by atoms with Crippen molar-refractivity contribution in [3.05, 3.63) is 40.4 Å². The summed E-state index contributed by atoms with van der Waals surface area (Å²) in [6.45, 7) is 0.415. The highest BCUT2D eigenvalue weighted by atomic mass is 35.5. The molecule has 1 amide bonds. The molecular weight excluding hydrogens is 379 g/mol. The van der Waals surface area contributed by atoms with Crippen LogP contribution in [0.25, 0.3) is 0 Å². The zero-order chi connectivity index (χ0) is 19.1. The highest BCUT2D eigenvalue weighted by Crippen LogP contribution is 2.39. The van der Waals surface area contributed by atoms with Crippen molar-refractivity contribution in [2.24, 2.45) is 0 Å². The van der Waals surface area contributed by atoms with Gasteiger partial charge in [0.1, 0.15) is 0 Å². The number of halogens is 2. The number of hydrogen-bond donors (Lipinski definition) is 2. The summed E-state index contributed by atoms with van der Waals surface area (Å²) in [6, 6.07) is 8.42. The lowest BCUT2D eigenvalue weighted by molar-refractivity contribution is -0.115. The molecule has 0 aliphatic heterocycles. The first-order chi connectivity index (χ1) is 12.5. The lowest BCUT2D eigenvalue weighted by atomic mass is 10.2. The van der Waals surface area contributed by atoms with Crippen LogP contribution < -0.4 is 24.8 Å². The van der Waals surface area contributed by atoms with E-state index >= 15 is 0 Å². The molecule has 140 valence electrons. The molecule has 2 rings (SSSR count). The summed E-state index contributed by atoms with van der Waals surface area (Å²) in [5.41, 5.74) is 1.30. The van der Waals surface area contributed by atoms with Gasteiger partial charge >= 0.3 is 0 Å². The van der Waals surface area contributed by atoms with Crippen molar-refractivity contribution in [2.45, 2.75) is 6.42 Å². The Morgan fingerprint density at radius 1 is 0.885 bits per heavy atom. The van der Waals surface area contributed by atoms with Gasteiger partial charge in [-0.15, -0.1) is 0 Å². The van der Waals surface area contributed by atoms with Gasteiger partial charge < -0.3 is 24.8 Å². The fraction of sp³-hybridized carbons (Fsp3) is 0.278. The second-order valence-electron chi connectivity index (χ2n) is 5.30. The number of methoxy groups -OCH3 is 3. The molecule has 0 radical (unpaired) electrons. The van der Waals surface area contributed by atoms with E-state index < -0.39 is 0 Å². The van der Waals surface area contributed by atoms with Crippen LogP contribution in [0, 0.1) is 0 Å². The van der Waals surface area contributed by atoms with Crippen molar-refractivity contribution in [1.82, 2.24) is 0 Å². The van der Waals surface area contributed by atoms with Gasteiger partial charge in [-0.25, -0.2) is 0 Å². The Morgan fingerprint density at radius 2 is 1.46 bits per heavy atom. The molecule has 26 heavy (non-hydrogen) atoms. The number of hydrogen-bond acceptors (Lipinski definition) is 5. The Morgan fingerprint density at radius 3 is 1.96 bits per heavy atom. The van der Waals surface area contributed by atoms with Gasteiger partial charge in [0.15, 0.2) is 11.5 Å². The lowest BCUT2D eigenvalue weighted by Gasteiger charge is -2.15. The van der Waals surface area contributed by atoms with Crippen LogP contribution in [0.1, 0.15) is 6.42 Å². The highest BCUT2D eigenvalue weighted by Gasteiger charge is 2.13. The Hall–Kier alpha value is -2.31. The van der Waals surface area contributed by atoms with E-state index in [1.165, 1.54) is 0 Å². The zero-order valence-electron chi connectivity index (χ0n) is 14.7. The lowest BCUT2D eigenvalue weighted by Crippen LogP contribution is -2.16. The van der Waals surface area contributed by atoms with E-state index in [0.29, 0.717) is 39.5 Å². The Bertz CT molecular complexity index is 739. The smallest absolute Gasteiger partial charge is 0.226 e. The average molecular weight is 399 g/mol. The fourth-order valence-electron chi connectivity index (χ4n) is 2.35. The number of amides is 1. The van der Waals surface area contributed by atoms with Gasteiger partial charge in [0, 0.05) is 46.5 Å². The molecule has 2 N–H and O–H groups in total. The molecular formula is C18H20Cl2N2O4. The minimum Gasteiger partial charge on any atom is -0.493 e. The van der Waals surface area contributed by atoms with E-state index in [4.69, 9.17) is 37.4 Å². The zero-order valence-corrected chi connectivity index (χ0v) is 16.2. The Balaban J connectivity index is 1.95. The molecule has 0 aliphatic rings. The molecule has 0 saturated heterocycles. The summed E-state index contributed by atoms with van der Waals surface area (Å²) >= 11 is 11.8. The van der Waals surface area contributed by atoms with Crippen molar-refractivity contribution in [3.8, 4) is 17.2 Å². The molecule has 0 saturated carbocycles. The molecule has 2 aromatic rings. The molecule has 0 aromatic heterocycles. The summed E-state index contributed by atoms with van der Waals surface area (Å²) in [4.78, 5) is 12.1. The molecule has 6 nitrogen and oxygen atoms in total. The maximum Gasteiger partial charge on any atom is 0.226 e. The summed E-state index contributed by atoms with van der Waals surface area (Å²) in [5, 5.41) is 6.84. The first-order valence-electron chi connectivity index (χ1n) is 7.76. The highest BCUT2D eigenvalue weighted by molar-refractivity contribution is 6.35. The molecule has 2 aromatic carbocycles. The standard InChI is InChI=1S/C18H20Cl2N2O4/c1-24-15-9-13(10-16(25-2)18(15)26-3)21-5-4-17(23)22-14-7-11(19)6-12(20)8-14/h6-10,21H,4-5H2,1-3H3,(H,22,23). The number of benzene rings is 2. The van der Waals surface area contributed by atoms with E-state index in [2.05, 4.69) is 10.6 Å². The summed E-state index contributed by atoms with van der Waals surface area (Å²) in [5.74, 6) is 1.42. The fourth-order valence-corrected chi connectivity index (χ4v) is 2.88. The van der Waals surface area contributed by atoms with Crippen LogP contribution in [0.5, 0.6) is 17.2 Å². The van der Waals surface area contributed by atoms with Gasteiger partial charge in [0.05, 0.1) is 21.3 Å². The van der Waals surface area contributed by atoms with Crippen molar-refractivity contribution >= 4 is 40.5 Å². The van der Waals surface area contributed by atoms with Crippen molar-refractivity contribution < 1.29 is 19.0 Å². The van der Waals surface area contributed by atoms with Crippen molar-refractivity contribution in [2.75, 3.05) is 38.5 Å². The van der Waals surface area contributed by atoms with Gasteiger partial charge in [-0.05, 0) is 18.2 Å². The largest absolute Gasteiger partial charge is 0.493 e. The third-order valence-corrected chi connectivity index (χ3v) is 3.93. The number of nitrogens with one attached hydrogen (secondary N) is 2. The van der Waals surface area contributed by atoms with Crippen LogP contribution in [-0.4, -0.2) is 33.8 Å². The third kappa shape index (κ3) is 5.34. The normalized spacial score (nSPS) is 10.2. The molecule has 0 bridgehead atoms. The van der Waals surface area contributed by atoms with Gasteiger partial charge in [-0.3, -0.25) is 4.79 Å². The maximum atomic E-state index is 12.1. The minimum atomic E-state index is -0.164. The van der Waals surface area contributed by atoms with Crippen molar-refractivity contribution in [1.29, 1.82) is 0 Å². The number of rotatable bonds is 8. The maximum absolute atomic E-state index is 12.1. The predicted molar refractivity (Wildman–Crippen MR) is 104 cm³/mol. The first kappa shape index (κ1) is 20.0. The van der Waals surface area contributed by atoms with Gasteiger partial charge in [0.2, 0.25) is 11.7 Å². The van der Waals surface area contributed by atoms with E-state index in [-0.39, 0.29) is 12.3 Å². The van der Waals surface area contributed by atoms with Crippen LogP contribution in [0.2, 0.25) is 10.0 Å². The van der Waals surface area contributed by atoms with E-state index in [0.717, 1.165) is 5.69 Å². The van der Waals surface area contributed by atoms with Gasteiger partial charge in [-0.2, -0.15) is 0 Å². The molecule has 8 heteroatoms. The quantitative estimate of drug-likeness (QED) is 0.686. The second kappa shape index (κ2) is 9.40. The number of anilines is 2. The van der Waals surface area contributed by atoms with E-state index in [1.54, 1.807) is 51.7 Å². The number of carbonyl (C=O) groups is 1. The van der Waals surface area contributed by atoms with Crippen LogP contribution in [0.3, 0.4) is 0 Å². The second-order valence-corrected chi connectivity index (χ2v) is 6.17. The first-order valence-corrected chi connectivity index (χ1v) is 8.52. The summed E-state index contributed by atoms with van der Waals surface area (Å²) in [6.07, 6.45) is 0.251. The monoisotopic (exact) mass is 398 g/mol. The molecule has 0 unspecified atom stereocenters. The molecule has 0 fully saturated rings. The van der Waals surface area contributed by atoms with Crippen LogP contribution >= 0.6 is 23.2 Å². The van der Waals surface area contributed by atoms with Crippen molar-refractivity contribution in [3.63, 3.8) is 0 Å². The van der Waals surface area contributed by atoms with E-state index in [1.807, 2.05) is 0 Å². The third-order valence-electron chi connectivity index (χ3n) is 3.49. The molecule has 0 spiro atoms. The van der Waals surface area contributed by atoms with Crippen LogP contribution in [-0.2, 0) is 4.79 Å². The van der Waals surface area contributed by atoms with Crippen LogP contribution in [0.4, 0.5) is 11.4 Å². The predicted octanol–water partition coefficient (Wildman–Crippen LogP) is 4.46. The van der Waals surface area contributed by atoms with E-state index in [9.17, 15) is 4.79 Å². The SMILES string of the molecule is COc1cc(NCCC(=O)Nc2cc(Cl)cc(Cl)c2)cc(OC)c1OC. The van der Waals surface area contributed by atoms with Gasteiger partial charge in [-0.1, -0.05) is 23.2 Å².